The molecule has 0 aromatic carbocycles. The van der Waals surface area contributed by atoms with Crippen molar-refractivity contribution in [2.75, 3.05) is 19.8 Å². The van der Waals surface area contributed by atoms with Gasteiger partial charge in [0.15, 0.2) is 6.61 Å². The first-order valence-electron chi connectivity index (χ1n) is 3.60. The van der Waals surface area contributed by atoms with Crippen LogP contribution in [0.1, 0.15) is 6.42 Å². The van der Waals surface area contributed by atoms with Gasteiger partial charge in [0.05, 0.1) is 12.6 Å². The van der Waals surface area contributed by atoms with E-state index in [9.17, 15) is 13.2 Å². The van der Waals surface area contributed by atoms with Gasteiger partial charge in [0.25, 0.3) is 0 Å². The maximum Gasteiger partial charge on any atom is 0.413 e. The van der Waals surface area contributed by atoms with Crippen molar-refractivity contribution in [3.63, 3.8) is 0 Å². The number of alkyl halides is 3. The molecule has 1 heterocycles. The monoisotopic (exact) mass is 185 g/mol. The third-order valence-corrected chi connectivity index (χ3v) is 1.42. The summed E-state index contributed by atoms with van der Waals surface area (Å²) in [5, 5.41) is 0. The van der Waals surface area contributed by atoms with E-state index in [2.05, 4.69) is 10.3 Å². The van der Waals surface area contributed by atoms with Crippen LogP contribution in [0.3, 0.4) is 0 Å². The SMILES string of the molecule is FC(F)(F)CONC1CCOC1. The number of nitrogens with one attached hydrogen (secondary N) is 1. The van der Waals surface area contributed by atoms with E-state index in [0.29, 0.717) is 19.6 Å². The lowest BCUT2D eigenvalue weighted by molar-refractivity contribution is -0.192. The number of halogens is 3. The van der Waals surface area contributed by atoms with E-state index in [1.165, 1.54) is 0 Å². The van der Waals surface area contributed by atoms with Gasteiger partial charge in [0, 0.05) is 6.61 Å². The largest absolute Gasteiger partial charge is 0.413 e. The molecule has 6 heteroatoms. The molecule has 0 spiro atoms. The van der Waals surface area contributed by atoms with Gasteiger partial charge in [0.1, 0.15) is 0 Å². The Bertz CT molecular complexity index is 133. The molecule has 12 heavy (non-hydrogen) atoms. The Morgan fingerprint density at radius 1 is 1.50 bits per heavy atom. The Morgan fingerprint density at radius 2 is 2.25 bits per heavy atom. The Kier molecular flexibility index (Phi) is 3.30. The lowest BCUT2D eigenvalue weighted by atomic mass is 10.3. The van der Waals surface area contributed by atoms with E-state index in [1.807, 2.05) is 0 Å². The third kappa shape index (κ3) is 3.89. The molecule has 0 bridgehead atoms. The van der Waals surface area contributed by atoms with Crippen molar-refractivity contribution in [2.45, 2.75) is 18.6 Å². The van der Waals surface area contributed by atoms with Crippen LogP contribution < -0.4 is 5.48 Å². The zero-order valence-electron chi connectivity index (χ0n) is 6.36. The molecule has 0 aromatic rings. The van der Waals surface area contributed by atoms with Gasteiger partial charge in [-0.05, 0) is 6.42 Å². The molecule has 1 atom stereocenters. The fraction of sp³-hybridized carbons (Fsp3) is 1.00. The molecule has 0 saturated carbocycles. The topological polar surface area (TPSA) is 30.5 Å². The van der Waals surface area contributed by atoms with E-state index >= 15 is 0 Å². The quantitative estimate of drug-likeness (QED) is 0.661. The lowest BCUT2D eigenvalue weighted by Crippen LogP contribution is -2.33. The Morgan fingerprint density at radius 3 is 2.75 bits per heavy atom. The first-order chi connectivity index (χ1) is 5.58. The van der Waals surface area contributed by atoms with Crippen LogP contribution >= 0.6 is 0 Å². The summed E-state index contributed by atoms with van der Waals surface area (Å²) in [6.07, 6.45) is -3.58. The zero-order valence-corrected chi connectivity index (χ0v) is 6.36. The standard InChI is InChI=1S/C6H10F3NO2/c7-6(8,9)4-12-10-5-1-2-11-3-5/h5,10H,1-4H2. The number of hydrogen-bond acceptors (Lipinski definition) is 3. The summed E-state index contributed by atoms with van der Waals surface area (Å²) in [6, 6.07) is -0.104. The van der Waals surface area contributed by atoms with Crippen LogP contribution in [-0.2, 0) is 9.57 Å². The first-order valence-corrected chi connectivity index (χ1v) is 3.60. The number of rotatable bonds is 3. The van der Waals surface area contributed by atoms with E-state index in [-0.39, 0.29) is 6.04 Å². The summed E-state index contributed by atoms with van der Waals surface area (Å²) in [5.41, 5.74) is 2.29. The minimum absolute atomic E-state index is 0.104. The van der Waals surface area contributed by atoms with Crippen molar-refractivity contribution in [2.24, 2.45) is 0 Å². The highest BCUT2D eigenvalue weighted by Gasteiger charge is 2.28. The van der Waals surface area contributed by atoms with Crippen LogP contribution in [0.5, 0.6) is 0 Å². The Hall–Kier alpha value is -0.330. The second-order valence-corrected chi connectivity index (χ2v) is 2.58. The Labute approximate surface area is 67.8 Å². The molecule has 1 saturated heterocycles. The zero-order chi connectivity index (χ0) is 9.03. The molecule has 0 radical (unpaired) electrons. The predicted molar refractivity (Wildman–Crippen MR) is 34.4 cm³/mol. The highest BCUT2D eigenvalue weighted by atomic mass is 19.4. The van der Waals surface area contributed by atoms with Gasteiger partial charge >= 0.3 is 6.18 Å². The predicted octanol–water partition coefficient (Wildman–Crippen LogP) is 0.859. The highest BCUT2D eigenvalue weighted by Crippen LogP contribution is 2.14. The molecule has 72 valence electrons. The van der Waals surface area contributed by atoms with Crippen molar-refractivity contribution in [3.05, 3.63) is 0 Å². The summed E-state index contributed by atoms with van der Waals surface area (Å²) >= 11 is 0. The van der Waals surface area contributed by atoms with Gasteiger partial charge in [-0.15, -0.1) is 0 Å². The van der Waals surface area contributed by atoms with Gasteiger partial charge in [-0.1, -0.05) is 0 Å². The molecule has 0 aliphatic carbocycles. The third-order valence-electron chi connectivity index (χ3n) is 1.42. The van der Waals surface area contributed by atoms with Crippen LogP contribution in [0.25, 0.3) is 0 Å². The number of hydroxylamine groups is 1. The molecule has 1 aliphatic heterocycles. The van der Waals surface area contributed by atoms with Gasteiger partial charge in [-0.3, -0.25) is 4.84 Å². The first kappa shape index (κ1) is 9.76. The Balaban J connectivity index is 2.02. The number of hydrogen-bond donors (Lipinski definition) is 1. The van der Waals surface area contributed by atoms with E-state index < -0.39 is 12.8 Å². The van der Waals surface area contributed by atoms with Gasteiger partial charge in [-0.25, -0.2) is 0 Å². The van der Waals surface area contributed by atoms with Crippen molar-refractivity contribution < 1.29 is 22.7 Å². The van der Waals surface area contributed by atoms with E-state index in [1.54, 1.807) is 0 Å². The summed E-state index contributed by atoms with van der Waals surface area (Å²) < 4.78 is 39.5. The molecule has 0 aromatic heterocycles. The molecule has 1 rings (SSSR count). The van der Waals surface area contributed by atoms with Crippen LogP contribution in [0.4, 0.5) is 13.2 Å². The molecule has 3 nitrogen and oxygen atoms in total. The molecular weight excluding hydrogens is 175 g/mol. The summed E-state index contributed by atoms with van der Waals surface area (Å²) in [5.74, 6) is 0. The minimum atomic E-state index is -4.27. The fourth-order valence-electron chi connectivity index (χ4n) is 0.869. The molecular formula is C6H10F3NO2. The van der Waals surface area contributed by atoms with Crippen molar-refractivity contribution in [1.82, 2.24) is 5.48 Å². The molecule has 1 N–H and O–H groups in total. The minimum Gasteiger partial charge on any atom is -0.380 e. The van der Waals surface area contributed by atoms with Crippen LogP contribution in [0.2, 0.25) is 0 Å². The van der Waals surface area contributed by atoms with E-state index in [0.717, 1.165) is 0 Å². The second-order valence-electron chi connectivity index (χ2n) is 2.58. The fourth-order valence-corrected chi connectivity index (χ4v) is 0.869. The van der Waals surface area contributed by atoms with Gasteiger partial charge < -0.3 is 4.74 Å². The summed E-state index contributed by atoms with van der Waals surface area (Å²) in [6.45, 7) is -0.269. The maximum absolute atomic E-state index is 11.5. The lowest BCUT2D eigenvalue weighted by Gasteiger charge is -2.11. The van der Waals surface area contributed by atoms with Crippen molar-refractivity contribution >= 4 is 0 Å². The average molecular weight is 185 g/mol. The van der Waals surface area contributed by atoms with Crippen LogP contribution in [-0.4, -0.2) is 32.0 Å². The van der Waals surface area contributed by atoms with Crippen molar-refractivity contribution in [3.8, 4) is 0 Å². The summed E-state index contributed by atoms with van der Waals surface area (Å²) in [4.78, 5) is 4.23. The smallest absolute Gasteiger partial charge is 0.380 e. The maximum atomic E-state index is 11.5. The van der Waals surface area contributed by atoms with Gasteiger partial charge in [0.2, 0.25) is 0 Å². The van der Waals surface area contributed by atoms with E-state index in [4.69, 9.17) is 4.74 Å². The average Bonchev–Trinajstić information content (AvgIpc) is 2.36. The van der Waals surface area contributed by atoms with Crippen LogP contribution in [0.15, 0.2) is 0 Å². The molecule has 1 fully saturated rings. The number of ether oxygens (including phenoxy) is 1. The van der Waals surface area contributed by atoms with Gasteiger partial charge in [-0.2, -0.15) is 18.7 Å². The molecule has 1 aliphatic rings. The second kappa shape index (κ2) is 4.06. The molecule has 0 amide bonds. The summed E-state index contributed by atoms with van der Waals surface area (Å²) in [7, 11) is 0. The van der Waals surface area contributed by atoms with Crippen LogP contribution in [0, 0.1) is 0 Å². The van der Waals surface area contributed by atoms with Crippen molar-refractivity contribution in [1.29, 1.82) is 0 Å². The normalized spacial score (nSPS) is 24.8. The molecule has 1 unspecified atom stereocenters. The highest BCUT2D eigenvalue weighted by molar-refractivity contribution is 4.66.